The molecule has 8 heteroatoms. The second-order valence-corrected chi connectivity index (χ2v) is 6.66. The first-order chi connectivity index (χ1) is 13.4. The molecule has 28 heavy (non-hydrogen) atoms. The van der Waals surface area contributed by atoms with Gasteiger partial charge in [-0.2, -0.15) is 0 Å². The first-order valence-electron chi connectivity index (χ1n) is 9.48. The maximum atomic E-state index is 12.5. The van der Waals surface area contributed by atoms with Gasteiger partial charge in [-0.05, 0) is 25.3 Å². The summed E-state index contributed by atoms with van der Waals surface area (Å²) >= 11 is 0. The second-order valence-electron chi connectivity index (χ2n) is 6.66. The van der Waals surface area contributed by atoms with Crippen LogP contribution in [0.4, 0.5) is 4.79 Å². The van der Waals surface area contributed by atoms with E-state index in [0.29, 0.717) is 25.9 Å². The fraction of sp³-hybridized carbons (Fsp3) is 0.500. The highest BCUT2D eigenvalue weighted by atomic mass is 16.5. The minimum absolute atomic E-state index is 0.339. The van der Waals surface area contributed by atoms with Gasteiger partial charge in [0.25, 0.3) is 11.8 Å². The molecule has 0 spiro atoms. The minimum atomic E-state index is -0.970. The standard InChI is InChI=1S/C20H27N3O5/c1-4-20(5-2)18(26)23(19(27)21-20)13-17(25)28-14-16(24)22(6-3)12-15-10-8-7-9-11-15/h7-11H,4-6,12-14H2,1-3H3,(H,21,27). The number of benzene rings is 1. The molecule has 1 heterocycles. The Morgan fingerprint density at radius 2 is 1.75 bits per heavy atom. The molecule has 1 saturated heterocycles. The van der Waals surface area contributed by atoms with Gasteiger partial charge in [0.05, 0.1) is 0 Å². The van der Waals surface area contributed by atoms with E-state index >= 15 is 0 Å². The lowest BCUT2D eigenvalue weighted by Crippen LogP contribution is -2.46. The number of carbonyl (C=O) groups is 4. The van der Waals surface area contributed by atoms with E-state index in [2.05, 4.69) is 5.32 Å². The van der Waals surface area contributed by atoms with Crippen molar-refractivity contribution < 1.29 is 23.9 Å². The monoisotopic (exact) mass is 389 g/mol. The highest BCUT2D eigenvalue weighted by Crippen LogP contribution is 2.24. The molecule has 0 bridgehead atoms. The fourth-order valence-corrected chi connectivity index (χ4v) is 3.14. The van der Waals surface area contributed by atoms with Gasteiger partial charge in [0.2, 0.25) is 0 Å². The van der Waals surface area contributed by atoms with Gasteiger partial charge in [-0.1, -0.05) is 44.2 Å². The molecule has 2 rings (SSSR count). The summed E-state index contributed by atoms with van der Waals surface area (Å²) in [6.45, 7) is 5.37. The second kappa shape index (κ2) is 9.34. The Morgan fingerprint density at radius 1 is 1.11 bits per heavy atom. The molecule has 0 atom stereocenters. The van der Waals surface area contributed by atoms with Crippen LogP contribution in [-0.4, -0.2) is 58.8 Å². The van der Waals surface area contributed by atoms with Crippen LogP contribution in [0, 0.1) is 0 Å². The van der Waals surface area contributed by atoms with Crippen LogP contribution in [0.15, 0.2) is 30.3 Å². The maximum Gasteiger partial charge on any atom is 0.326 e. The number of amides is 4. The lowest BCUT2D eigenvalue weighted by molar-refractivity contribution is -0.154. The fourth-order valence-electron chi connectivity index (χ4n) is 3.14. The van der Waals surface area contributed by atoms with Crippen LogP contribution >= 0.6 is 0 Å². The first kappa shape index (κ1) is 21.4. The predicted molar refractivity (Wildman–Crippen MR) is 102 cm³/mol. The van der Waals surface area contributed by atoms with Gasteiger partial charge in [0.15, 0.2) is 6.61 Å². The van der Waals surface area contributed by atoms with Crippen molar-refractivity contribution in [2.75, 3.05) is 19.7 Å². The average Bonchev–Trinajstić information content (AvgIpc) is 2.95. The van der Waals surface area contributed by atoms with Crippen molar-refractivity contribution in [2.45, 2.75) is 45.7 Å². The molecule has 0 radical (unpaired) electrons. The Kier molecular flexibility index (Phi) is 7.14. The summed E-state index contributed by atoms with van der Waals surface area (Å²) in [6.07, 6.45) is 0.867. The van der Waals surface area contributed by atoms with Gasteiger partial charge < -0.3 is 15.0 Å². The molecule has 1 N–H and O–H groups in total. The minimum Gasteiger partial charge on any atom is -0.454 e. The van der Waals surface area contributed by atoms with E-state index < -0.39 is 36.6 Å². The molecule has 1 fully saturated rings. The Bertz CT molecular complexity index is 731. The number of esters is 1. The van der Waals surface area contributed by atoms with E-state index in [1.165, 1.54) is 0 Å². The Labute approximate surface area is 164 Å². The van der Waals surface area contributed by atoms with Crippen LogP contribution in [0.3, 0.4) is 0 Å². The average molecular weight is 389 g/mol. The predicted octanol–water partition coefficient (Wildman–Crippen LogP) is 1.69. The molecule has 8 nitrogen and oxygen atoms in total. The van der Waals surface area contributed by atoms with Crippen molar-refractivity contribution in [2.24, 2.45) is 0 Å². The van der Waals surface area contributed by atoms with Crippen LogP contribution in [0.1, 0.15) is 39.2 Å². The van der Waals surface area contributed by atoms with E-state index in [1.807, 2.05) is 37.3 Å². The number of imide groups is 1. The van der Waals surface area contributed by atoms with E-state index in [0.717, 1.165) is 10.5 Å². The Hall–Kier alpha value is -2.90. The zero-order valence-electron chi connectivity index (χ0n) is 16.6. The van der Waals surface area contributed by atoms with Gasteiger partial charge in [-0.3, -0.25) is 19.3 Å². The molecule has 0 unspecified atom stereocenters. The number of nitrogens with one attached hydrogen (secondary N) is 1. The van der Waals surface area contributed by atoms with Gasteiger partial charge in [0, 0.05) is 13.1 Å². The van der Waals surface area contributed by atoms with Crippen LogP contribution in [0.5, 0.6) is 0 Å². The van der Waals surface area contributed by atoms with E-state index in [-0.39, 0.29) is 5.91 Å². The molecule has 0 saturated carbocycles. The Morgan fingerprint density at radius 3 is 2.29 bits per heavy atom. The summed E-state index contributed by atoms with van der Waals surface area (Å²) < 4.78 is 5.01. The zero-order chi connectivity index (χ0) is 20.7. The third-order valence-electron chi connectivity index (χ3n) is 5.05. The largest absolute Gasteiger partial charge is 0.454 e. The van der Waals surface area contributed by atoms with Crippen LogP contribution in [-0.2, 0) is 25.7 Å². The lowest BCUT2D eigenvalue weighted by atomic mass is 9.93. The number of carbonyl (C=O) groups excluding carboxylic acids is 4. The smallest absolute Gasteiger partial charge is 0.326 e. The van der Waals surface area contributed by atoms with Gasteiger partial charge >= 0.3 is 12.0 Å². The summed E-state index contributed by atoms with van der Waals surface area (Å²) in [6, 6.07) is 8.87. The summed E-state index contributed by atoms with van der Waals surface area (Å²) in [5, 5.41) is 2.65. The maximum absolute atomic E-state index is 12.5. The van der Waals surface area contributed by atoms with Crippen molar-refractivity contribution in [1.29, 1.82) is 0 Å². The summed E-state index contributed by atoms with van der Waals surface area (Å²) in [5.41, 5.74) is 0.000780. The van der Waals surface area contributed by atoms with Gasteiger partial charge in [-0.25, -0.2) is 4.79 Å². The van der Waals surface area contributed by atoms with Gasteiger partial charge in [0.1, 0.15) is 12.1 Å². The molecule has 1 aromatic rings. The number of nitrogens with zero attached hydrogens (tertiary/aromatic N) is 2. The highest BCUT2D eigenvalue weighted by Gasteiger charge is 2.49. The molecule has 1 aromatic carbocycles. The molecule has 1 aliphatic rings. The first-order valence-corrected chi connectivity index (χ1v) is 9.48. The molecule has 4 amide bonds. The normalized spacial score (nSPS) is 15.3. The number of likely N-dealkylation sites (N-methyl/N-ethyl adjacent to an activating group) is 1. The van der Waals surface area contributed by atoms with E-state index in [9.17, 15) is 19.2 Å². The zero-order valence-corrected chi connectivity index (χ0v) is 16.6. The molecular formula is C20H27N3O5. The van der Waals surface area contributed by atoms with E-state index in [1.54, 1.807) is 18.7 Å². The third kappa shape index (κ3) is 4.68. The summed E-state index contributed by atoms with van der Waals surface area (Å²) in [4.78, 5) is 51.4. The number of hydrogen-bond donors (Lipinski definition) is 1. The molecule has 152 valence electrons. The topological polar surface area (TPSA) is 96.0 Å². The van der Waals surface area contributed by atoms with Crippen LogP contribution in [0.2, 0.25) is 0 Å². The Balaban J connectivity index is 1.88. The quantitative estimate of drug-likeness (QED) is 0.512. The SMILES string of the molecule is CCN(Cc1ccccc1)C(=O)COC(=O)CN1C(=O)NC(CC)(CC)C1=O. The van der Waals surface area contributed by atoms with Crippen LogP contribution < -0.4 is 5.32 Å². The van der Waals surface area contributed by atoms with Gasteiger partial charge in [-0.15, -0.1) is 0 Å². The third-order valence-corrected chi connectivity index (χ3v) is 5.05. The van der Waals surface area contributed by atoms with Crippen molar-refractivity contribution >= 4 is 23.8 Å². The number of ether oxygens (including phenoxy) is 1. The van der Waals surface area contributed by atoms with Crippen molar-refractivity contribution in [1.82, 2.24) is 15.1 Å². The lowest BCUT2D eigenvalue weighted by Gasteiger charge is -2.23. The molecule has 0 aliphatic carbocycles. The number of rotatable bonds is 9. The highest BCUT2D eigenvalue weighted by molar-refractivity contribution is 6.08. The molecular weight excluding hydrogens is 362 g/mol. The number of hydrogen-bond acceptors (Lipinski definition) is 5. The summed E-state index contributed by atoms with van der Waals surface area (Å²) in [7, 11) is 0. The summed E-state index contributed by atoms with van der Waals surface area (Å²) in [5.74, 6) is -1.57. The van der Waals surface area contributed by atoms with Crippen molar-refractivity contribution in [3.63, 3.8) is 0 Å². The number of urea groups is 1. The van der Waals surface area contributed by atoms with Crippen molar-refractivity contribution in [3.05, 3.63) is 35.9 Å². The van der Waals surface area contributed by atoms with E-state index in [4.69, 9.17) is 4.74 Å². The molecule has 1 aliphatic heterocycles. The van der Waals surface area contributed by atoms with Crippen LogP contribution in [0.25, 0.3) is 0 Å². The van der Waals surface area contributed by atoms with Crippen molar-refractivity contribution in [3.8, 4) is 0 Å². The molecule has 0 aromatic heterocycles.